The van der Waals surface area contributed by atoms with Crippen LogP contribution in [0.1, 0.15) is 18.4 Å². The summed E-state index contributed by atoms with van der Waals surface area (Å²) in [4.78, 5) is 14.4. The second-order valence-corrected chi connectivity index (χ2v) is 5.30. The number of likely N-dealkylation sites (tertiary alicyclic amines) is 1. The number of ether oxygens (including phenoxy) is 2. The molecule has 1 saturated heterocycles. The van der Waals surface area contributed by atoms with E-state index in [0.717, 1.165) is 43.0 Å². The number of benzene rings is 1. The Hall–Kier alpha value is -1.46. The second kappa shape index (κ2) is 8.86. The van der Waals surface area contributed by atoms with Crippen molar-refractivity contribution >= 4 is 18.3 Å². The molecule has 0 saturated carbocycles. The molecule has 0 spiro atoms. The number of carbonyl (C=O) groups is 1. The number of methoxy groups -OCH3 is 2. The first-order chi connectivity index (χ1) is 10.2. The highest BCUT2D eigenvalue weighted by Gasteiger charge is 2.22. The van der Waals surface area contributed by atoms with Gasteiger partial charge in [0.05, 0.1) is 20.6 Å². The second-order valence-electron chi connectivity index (χ2n) is 5.30. The van der Waals surface area contributed by atoms with Crippen molar-refractivity contribution in [1.29, 1.82) is 0 Å². The van der Waals surface area contributed by atoms with Crippen molar-refractivity contribution in [3.8, 4) is 11.5 Å². The molecule has 0 aromatic heterocycles. The van der Waals surface area contributed by atoms with Crippen LogP contribution in [0.25, 0.3) is 0 Å². The smallest absolute Gasteiger partial charge is 0.227 e. The lowest BCUT2D eigenvalue weighted by Gasteiger charge is -2.32. The van der Waals surface area contributed by atoms with Crippen LogP contribution in [0.2, 0.25) is 0 Å². The van der Waals surface area contributed by atoms with E-state index in [0.29, 0.717) is 12.5 Å². The minimum absolute atomic E-state index is 0. The number of carbonyl (C=O) groups excluding carboxylic acids is 1. The lowest BCUT2D eigenvalue weighted by atomic mass is 10.0. The Bertz CT molecular complexity index is 488. The molecule has 124 valence electrons. The van der Waals surface area contributed by atoms with Gasteiger partial charge in [0.1, 0.15) is 11.5 Å². The molecule has 22 heavy (non-hydrogen) atoms. The Balaban J connectivity index is 0.00000242. The van der Waals surface area contributed by atoms with Gasteiger partial charge < -0.3 is 19.7 Å². The Morgan fingerprint density at radius 2 is 1.95 bits per heavy atom. The van der Waals surface area contributed by atoms with Crippen molar-refractivity contribution in [2.75, 3.05) is 34.4 Å². The van der Waals surface area contributed by atoms with Gasteiger partial charge in [0.15, 0.2) is 0 Å². The third kappa shape index (κ3) is 4.52. The normalized spacial score (nSPS) is 15.1. The summed E-state index contributed by atoms with van der Waals surface area (Å²) in [6.45, 7) is 1.63. The van der Waals surface area contributed by atoms with E-state index in [4.69, 9.17) is 9.47 Å². The SMILES string of the molecule is CNC1CCN(C(=O)Cc2cc(OC)ccc2OC)CC1.Cl. The summed E-state index contributed by atoms with van der Waals surface area (Å²) in [7, 11) is 5.22. The number of halogens is 1. The van der Waals surface area contributed by atoms with E-state index in [9.17, 15) is 4.79 Å². The highest BCUT2D eigenvalue weighted by molar-refractivity contribution is 5.85. The van der Waals surface area contributed by atoms with Crippen molar-refractivity contribution in [3.63, 3.8) is 0 Å². The molecule has 6 heteroatoms. The Morgan fingerprint density at radius 1 is 1.27 bits per heavy atom. The van der Waals surface area contributed by atoms with Crippen LogP contribution in [0.5, 0.6) is 11.5 Å². The molecule has 0 radical (unpaired) electrons. The average Bonchev–Trinajstić information content (AvgIpc) is 2.54. The van der Waals surface area contributed by atoms with E-state index in [2.05, 4.69) is 5.32 Å². The summed E-state index contributed by atoms with van der Waals surface area (Å²) < 4.78 is 10.6. The van der Waals surface area contributed by atoms with Crippen LogP contribution < -0.4 is 14.8 Å². The number of nitrogens with zero attached hydrogens (tertiary/aromatic N) is 1. The number of hydrogen-bond donors (Lipinski definition) is 1. The van der Waals surface area contributed by atoms with Crippen LogP contribution in [0.15, 0.2) is 18.2 Å². The van der Waals surface area contributed by atoms with E-state index in [1.807, 2.05) is 30.1 Å². The monoisotopic (exact) mass is 328 g/mol. The van der Waals surface area contributed by atoms with Gasteiger partial charge in [-0.1, -0.05) is 0 Å². The summed E-state index contributed by atoms with van der Waals surface area (Å²) in [6.07, 6.45) is 2.37. The molecule has 1 aromatic carbocycles. The topological polar surface area (TPSA) is 50.8 Å². The van der Waals surface area contributed by atoms with Crippen LogP contribution in [-0.4, -0.2) is 51.2 Å². The fraction of sp³-hybridized carbons (Fsp3) is 0.562. The summed E-state index contributed by atoms with van der Waals surface area (Å²) in [5, 5.41) is 3.27. The zero-order valence-corrected chi connectivity index (χ0v) is 14.2. The van der Waals surface area contributed by atoms with Crippen molar-refractivity contribution in [2.24, 2.45) is 0 Å². The fourth-order valence-corrected chi connectivity index (χ4v) is 2.71. The van der Waals surface area contributed by atoms with Crippen LogP contribution in [-0.2, 0) is 11.2 Å². The van der Waals surface area contributed by atoms with E-state index < -0.39 is 0 Å². The van der Waals surface area contributed by atoms with Gasteiger partial charge in [0.25, 0.3) is 0 Å². The largest absolute Gasteiger partial charge is 0.497 e. The van der Waals surface area contributed by atoms with Gasteiger partial charge in [-0.2, -0.15) is 0 Å². The van der Waals surface area contributed by atoms with Crippen LogP contribution in [0.4, 0.5) is 0 Å². The fourth-order valence-electron chi connectivity index (χ4n) is 2.71. The van der Waals surface area contributed by atoms with Crippen molar-refractivity contribution < 1.29 is 14.3 Å². The summed E-state index contributed by atoms with van der Waals surface area (Å²) in [5.41, 5.74) is 0.873. The van der Waals surface area contributed by atoms with Gasteiger partial charge >= 0.3 is 0 Å². The number of amides is 1. The lowest BCUT2D eigenvalue weighted by Crippen LogP contribution is -2.44. The molecular weight excluding hydrogens is 304 g/mol. The summed E-state index contributed by atoms with van der Waals surface area (Å²) >= 11 is 0. The molecule has 5 nitrogen and oxygen atoms in total. The average molecular weight is 329 g/mol. The maximum absolute atomic E-state index is 12.4. The summed E-state index contributed by atoms with van der Waals surface area (Å²) in [5.74, 6) is 1.62. The predicted octanol–water partition coefficient (Wildman–Crippen LogP) is 1.88. The highest BCUT2D eigenvalue weighted by atomic mass is 35.5. The molecule has 1 fully saturated rings. The Morgan fingerprint density at radius 3 is 2.50 bits per heavy atom. The van der Waals surface area contributed by atoms with Crippen molar-refractivity contribution in [2.45, 2.75) is 25.3 Å². The van der Waals surface area contributed by atoms with Gasteiger partial charge in [-0.05, 0) is 38.1 Å². The number of hydrogen-bond acceptors (Lipinski definition) is 4. The first-order valence-electron chi connectivity index (χ1n) is 7.34. The van der Waals surface area contributed by atoms with Crippen LogP contribution >= 0.6 is 12.4 Å². The van der Waals surface area contributed by atoms with Gasteiger partial charge in [-0.25, -0.2) is 0 Å². The molecule has 1 heterocycles. The predicted molar refractivity (Wildman–Crippen MR) is 89.2 cm³/mol. The molecule has 1 amide bonds. The maximum atomic E-state index is 12.4. The van der Waals surface area contributed by atoms with E-state index in [1.54, 1.807) is 14.2 Å². The van der Waals surface area contributed by atoms with Gasteiger partial charge in [0.2, 0.25) is 5.91 Å². The van der Waals surface area contributed by atoms with Crippen LogP contribution in [0.3, 0.4) is 0 Å². The molecule has 0 bridgehead atoms. The first-order valence-corrected chi connectivity index (χ1v) is 7.34. The standard InChI is InChI=1S/C16H24N2O3.ClH/c1-17-13-6-8-18(9-7-13)16(19)11-12-10-14(20-2)4-5-15(12)21-3;/h4-5,10,13,17H,6-9,11H2,1-3H3;1H. The third-order valence-electron chi connectivity index (χ3n) is 4.09. The molecule has 1 aliphatic heterocycles. The van der Waals surface area contributed by atoms with Crippen molar-refractivity contribution in [1.82, 2.24) is 10.2 Å². The minimum Gasteiger partial charge on any atom is -0.497 e. The molecule has 0 aliphatic carbocycles. The zero-order valence-electron chi connectivity index (χ0n) is 13.4. The maximum Gasteiger partial charge on any atom is 0.227 e. The quantitative estimate of drug-likeness (QED) is 0.896. The van der Waals surface area contributed by atoms with Crippen LogP contribution in [0, 0.1) is 0 Å². The molecule has 2 rings (SSSR count). The molecule has 0 atom stereocenters. The number of nitrogens with one attached hydrogen (secondary N) is 1. The molecule has 1 aliphatic rings. The number of rotatable bonds is 5. The van der Waals surface area contributed by atoms with E-state index in [-0.39, 0.29) is 18.3 Å². The molecule has 1 aromatic rings. The Kier molecular flexibility index (Phi) is 7.48. The zero-order chi connectivity index (χ0) is 15.2. The molecule has 0 unspecified atom stereocenters. The Labute approximate surface area is 138 Å². The molecule has 1 N–H and O–H groups in total. The van der Waals surface area contributed by atoms with E-state index >= 15 is 0 Å². The number of piperidine rings is 1. The molecular formula is C16H25ClN2O3. The van der Waals surface area contributed by atoms with Crippen molar-refractivity contribution in [3.05, 3.63) is 23.8 Å². The summed E-state index contributed by atoms with van der Waals surface area (Å²) in [6, 6.07) is 6.08. The third-order valence-corrected chi connectivity index (χ3v) is 4.09. The lowest BCUT2D eigenvalue weighted by molar-refractivity contribution is -0.131. The minimum atomic E-state index is 0. The van der Waals surface area contributed by atoms with Gasteiger partial charge in [-0.3, -0.25) is 4.79 Å². The van der Waals surface area contributed by atoms with Gasteiger partial charge in [-0.15, -0.1) is 12.4 Å². The first kappa shape index (κ1) is 18.6. The van der Waals surface area contributed by atoms with E-state index in [1.165, 1.54) is 0 Å². The highest BCUT2D eigenvalue weighted by Crippen LogP contribution is 2.25. The van der Waals surface area contributed by atoms with Gasteiger partial charge in [0, 0.05) is 24.7 Å².